The second-order valence-corrected chi connectivity index (χ2v) is 6.61. The zero-order valence-electron chi connectivity index (χ0n) is 14.9. The third-order valence-corrected chi connectivity index (χ3v) is 4.97. The van der Waals surface area contributed by atoms with Crippen LogP contribution < -0.4 is 16.0 Å². The largest absolute Gasteiger partial charge is 0.366 e. The number of fused-ring (bicyclic) bond motifs is 1. The Labute approximate surface area is 151 Å². The monoisotopic (exact) mass is 356 g/mol. The summed E-state index contributed by atoms with van der Waals surface area (Å²) < 4.78 is 13.1. The lowest BCUT2D eigenvalue weighted by Crippen LogP contribution is -2.48. The molecule has 7 heteroatoms. The van der Waals surface area contributed by atoms with Gasteiger partial charge >= 0.3 is 0 Å². The standard InChI is InChI=1S/C19H21FN4O2/c1-10-11(2)24(12(3)25)16-6-4-13(19(21)26)8-15(16)18(10)23-17-7-5-14(20)9-22-17/h4-11,18H,1-3H3,(H2,21,26)(H,22,23). The van der Waals surface area contributed by atoms with Crippen LogP contribution in [-0.4, -0.2) is 22.8 Å². The van der Waals surface area contributed by atoms with Crippen LogP contribution in [0.4, 0.5) is 15.9 Å². The highest BCUT2D eigenvalue weighted by atomic mass is 19.1. The van der Waals surface area contributed by atoms with E-state index < -0.39 is 11.7 Å². The molecule has 0 radical (unpaired) electrons. The number of nitrogens with one attached hydrogen (secondary N) is 1. The summed E-state index contributed by atoms with van der Waals surface area (Å²) in [4.78, 5) is 29.6. The third kappa shape index (κ3) is 3.12. The Bertz CT molecular complexity index is 853. The number of hydrogen-bond acceptors (Lipinski definition) is 4. The van der Waals surface area contributed by atoms with Gasteiger partial charge in [-0.3, -0.25) is 9.59 Å². The molecule has 1 aromatic heterocycles. The van der Waals surface area contributed by atoms with Gasteiger partial charge in [0.15, 0.2) is 0 Å². The van der Waals surface area contributed by atoms with E-state index in [4.69, 9.17) is 5.73 Å². The summed E-state index contributed by atoms with van der Waals surface area (Å²) >= 11 is 0. The van der Waals surface area contributed by atoms with Crippen LogP contribution in [0.5, 0.6) is 0 Å². The Morgan fingerprint density at radius 3 is 2.54 bits per heavy atom. The molecule has 3 N–H and O–H groups in total. The molecule has 3 rings (SSSR count). The molecule has 136 valence electrons. The van der Waals surface area contributed by atoms with E-state index in [0.717, 1.165) is 17.4 Å². The molecule has 2 heterocycles. The van der Waals surface area contributed by atoms with Crippen LogP contribution in [0, 0.1) is 11.7 Å². The first-order valence-electron chi connectivity index (χ1n) is 8.41. The van der Waals surface area contributed by atoms with Gasteiger partial charge in [-0.1, -0.05) is 6.92 Å². The first kappa shape index (κ1) is 17.8. The van der Waals surface area contributed by atoms with Gasteiger partial charge in [-0.25, -0.2) is 9.37 Å². The van der Waals surface area contributed by atoms with Crippen LogP contribution in [0.1, 0.15) is 42.7 Å². The SMILES string of the molecule is CC(=O)N1c2ccc(C(N)=O)cc2C(Nc2ccc(F)cn2)C(C)C1C. The van der Waals surface area contributed by atoms with E-state index in [0.29, 0.717) is 11.4 Å². The van der Waals surface area contributed by atoms with Crippen molar-refractivity contribution in [3.05, 3.63) is 53.5 Å². The van der Waals surface area contributed by atoms with Crippen molar-refractivity contribution in [2.45, 2.75) is 32.9 Å². The van der Waals surface area contributed by atoms with E-state index in [-0.39, 0.29) is 23.9 Å². The highest BCUT2D eigenvalue weighted by Crippen LogP contribution is 2.42. The number of rotatable bonds is 3. The number of nitrogens with zero attached hydrogens (tertiary/aromatic N) is 2. The molecule has 0 fully saturated rings. The molecular weight excluding hydrogens is 335 g/mol. The lowest BCUT2D eigenvalue weighted by molar-refractivity contribution is -0.117. The molecule has 0 spiro atoms. The number of halogens is 1. The summed E-state index contributed by atoms with van der Waals surface area (Å²) in [5, 5.41) is 3.30. The normalized spacial score (nSPS) is 21.8. The summed E-state index contributed by atoms with van der Waals surface area (Å²) in [6, 6.07) is 7.66. The van der Waals surface area contributed by atoms with Crippen molar-refractivity contribution in [3.8, 4) is 0 Å². The molecule has 3 atom stereocenters. The van der Waals surface area contributed by atoms with Gasteiger partial charge in [0, 0.05) is 30.1 Å². The van der Waals surface area contributed by atoms with Gasteiger partial charge in [0.2, 0.25) is 11.8 Å². The second kappa shape index (κ2) is 6.74. The molecule has 0 saturated carbocycles. The van der Waals surface area contributed by atoms with Crippen LogP contribution in [-0.2, 0) is 4.79 Å². The van der Waals surface area contributed by atoms with Crippen LogP contribution in [0.2, 0.25) is 0 Å². The van der Waals surface area contributed by atoms with Crippen molar-refractivity contribution < 1.29 is 14.0 Å². The smallest absolute Gasteiger partial charge is 0.248 e. The first-order chi connectivity index (χ1) is 12.3. The summed E-state index contributed by atoms with van der Waals surface area (Å²) in [6.07, 6.45) is 1.14. The van der Waals surface area contributed by atoms with Crippen molar-refractivity contribution in [2.24, 2.45) is 11.7 Å². The molecule has 0 bridgehead atoms. The number of carbonyl (C=O) groups is 2. The fraction of sp³-hybridized carbons (Fsp3) is 0.316. The second-order valence-electron chi connectivity index (χ2n) is 6.61. The zero-order chi connectivity index (χ0) is 19.0. The van der Waals surface area contributed by atoms with Gasteiger partial charge in [-0.05, 0) is 42.8 Å². The highest BCUT2D eigenvalue weighted by molar-refractivity contribution is 5.97. The van der Waals surface area contributed by atoms with Gasteiger partial charge in [-0.2, -0.15) is 0 Å². The van der Waals surface area contributed by atoms with Crippen LogP contribution in [0.15, 0.2) is 36.5 Å². The number of benzene rings is 1. The first-order valence-corrected chi connectivity index (χ1v) is 8.41. The van der Waals surface area contributed by atoms with Gasteiger partial charge < -0.3 is 16.0 Å². The van der Waals surface area contributed by atoms with Crippen molar-refractivity contribution >= 4 is 23.3 Å². The van der Waals surface area contributed by atoms with E-state index in [2.05, 4.69) is 10.3 Å². The van der Waals surface area contributed by atoms with Gasteiger partial charge in [-0.15, -0.1) is 0 Å². The third-order valence-electron chi connectivity index (χ3n) is 4.97. The summed E-state index contributed by atoms with van der Waals surface area (Å²) in [6.45, 7) is 5.51. The average Bonchev–Trinajstić information content (AvgIpc) is 2.60. The van der Waals surface area contributed by atoms with Crippen LogP contribution >= 0.6 is 0 Å². The number of nitrogens with two attached hydrogens (primary N) is 1. The number of primary amides is 1. The fourth-order valence-corrected chi connectivity index (χ4v) is 3.48. The number of carbonyl (C=O) groups excluding carboxylic acids is 2. The van der Waals surface area contributed by atoms with Gasteiger partial charge in [0.1, 0.15) is 11.6 Å². The zero-order valence-corrected chi connectivity index (χ0v) is 14.9. The van der Waals surface area contributed by atoms with E-state index in [9.17, 15) is 14.0 Å². The van der Waals surface area contributed by atoms with E-state index in [1.165, 1.54) is 13.0 Å². The maximum Gasteiger partial charge on any atom is 0.248 e. The molecule has 26 heavy (non-hydrogen) atoms. The lowest BCUT2D eigenvalue weighted by Gasteiger charge is -2.44. The number of aromatic nitrogens is 1. The molecule has 1 aliphatic heterocycles. The molecule has 6 nitrogen and oxygen atoms in total. The minimum Gasteiger partial charge on any atom is -0.366 e. The van der Waals surface area contributed by atoms with Crippen molar-refractivity contribution in [3.63, 3.8) is 0 Å². The molecule has 1 aliphatic rings. The average molecular weight is 356 g/mol. The summed E-state index contributed by atoms with van der Waals surface area (Å²) in [5.41, 5.74) is 7.31. The molecule has 2 aromatic rings. The summed E-state index contributed by atoms with van der Waals surface area (Å²) in [5.74, 6) is -0.494. The predicted molar refractivity (Wildman–Crippen MR) is 97.3 cm³/mol. The van der Waals surface area contributed by atoms with Gasteiger partial charge in [0.25, 0.3) is 0 Å². The molecule has 1 aromatic carbocycles. The molecule has 0 aliphatic carbocycles. The molecule has 2 amide bonds. The Morgan fingerprint density at radius 1 is 1.23 bits per heavy atom. The number of hydrogen-bond donors (Lipinski definition) is 2. The fourth-order valence-electron chi connectivity index (χ4n) is 3.48. The van der Waals surface area contributed by atoms with Crippen LogP contribution in [0.3, 0.4) is 0 Å². The Balaban J connectivity index is 2.09. The maximum atomic E-state index is 13.1. The Hall–Kier alpha value is -2.96. The van der Waals surface area contributed by atoms with E-state index >= 15 is 0 Å². The van der Waals surface area contributed by atoms with E-state index in [1.54, 1.807) is 29.2 Å². The van der Waals surface area contributed by atoms with Crippen LogP contribution in [0.25, 0.3) is 0 Å². The maximum absolute atomic E-state index is 13.1. The van der Waals surface area contributed by atoms with Gasteiger partial charge in [0.05, 0.1) is 12.2 Å². The van der Waals surface area contributed by atoms with Crippen molar-refractivity contribution in [1.82, 2.24) is 4.98 Å². The van der Waals surface area contributed by atoms with Crippen molar-refractivity contribution in [2.75, 3.05) is 10.2 Å². The number of anilines is 2. The quantitative estimate of drug-likeness (QED) is 0.885. The number of pyridine rings is 1. The topological polar surface area (TPSA) is 88.3 Å². The summed E-state index contributed by atoms with van der Waals surface area (Å²) in [7, 11) is 0. The minimum atomic E-state index is -0.535. The van der Waals surface area contributed by atoms with E-state index in [1.807, 2.05) is 13.8 Å². The highest BCUT2D eigenvalue weighted by Gasteiger charge is 2.38. The minimum absolute atomic E-state index is 0.0152. The molecule has 0 saturated heterocycles. The number of amides is 2. The lowest BCUT2D eigenvalue weighted by atomic mass is 9.82. The predicted octanol–water partition coefficient (Wildman–Crippen LogP) is 2.86. The Kier molecular flexibility index (Phi) is 4.63. The molecule has 3 unspecified atom stereocenters. The molecular formula is C19H21FN4O2. The Morgan fingerprint density at radius 2 is 1.96 bits per heavy atom. The van der Waals surface area contributed by atoms with Crippen molar-refractivity contribution in [1.29, 1.82) is 0 Å².